The fourth-order valence-corrected chi connectivity index (χ4v) is 10.6. The zero-order chi connectivity index (χ0) is 37.8. The maximum absolute atomic E-state index is 7.01. The molecule has 2 aliphatic heterocycles. The third-order valence-corrected chi connectivity index (χ3v) is 13.2. The topological polar surface area (TPSA) is 21.3 Å². The fourth-order valence-electron chi connectivity index (χ4n) is 10.6. The Hall–Kier alpha value is -6.26. The lowest BCUT2D eigenvalue weighted by Gasteiger charge is -2.42. The number of aryl methyl sites for hydroxylation is 1. The van der Waals surface area contributed by atoms with E-state index in [4.69, 9.17) is 4.42 Å². The molecule has 0 saturated heterocycles. The number of rotatable bonds is 2. The van der Waals surface area contributed by atoms with Gasteiger partial charge in [-0.2, -0.15) is 0 Å². The summed E-state index contributed by atoms with van der Waals surface area (Å²) in [4.78, 5) is 2.60. The molecule has 4 heteroatoms. The second kappa shape index (κ2) is 10.7. The van der Waals surface area contributed by atoms with Gasteiger partial charge in [0.15, 0.2) is 5.71 Å². The molecule has 56 heavy (non-hydrogen) atoms. The van der Waals surface area contributed by atoms with Gasteiger partial charge in [-0.05, 0) is 98.1 Å². The number of hydrogen-bond donors (Lipinski definition) is 0. The summed E-state index contributed by atoms with van der Waals surface area (Å²) < 4.78 is 9.59. The molecule has 268 valence electrons. The predicted octanol–water partition coefficient (Wildman–Crippen LogP) is 12.5. The maximum Gasteiger partial charge on any atom is 0.336 e. The monoisotopic (exact) mass is 720 g/mol. The molecular formula is C52H41BN2O. The number of nitrogens with zero attached hydrogens (tertiary/aromatic N) is 2. The van der Waals surface area contributed by atoms with Gasteiger partial charge in [0.05, 0.1) is 11.1 Å². The molecule has 0 N–H and O–H groups in total. The van der Waals surface area contributed by atoms with Crippen LogP contribution in [0.3, 0.4) is 0 Å². The molecule has 0 atom stereocenters. The van der Waals surface area contributed by atoms with Crippen molar-refractivity contribution >= 4 is 67.8 Å². The van der Waals surface area contributed by atoms with E-state index in [0.29, 0.717) is 0 Å². The molecule has 1 aliphatic carbocycles. The van der Waals surface area contributed by atoms with Crippen molar-refractivity contribution in [2.75, 3.05) is 4.90 Å². The second-order valence-electron chi connectivity index (χ2n) is 17.8. The highest BCUT2D eigenvalue weighted by atomic mass is 16.3. The summed E-state index contributed by atoms with van der Waals surface area (Å²) in [6.45, 7) is 13.9. The van der Waals surface area contributed by atoms with Gasteiger partial charge >= 0.3 is 6.85 Å². The number of furan rings is 1. The maximum atomic E-state index is 7.01. The van der Waals surface area contributed by atoms with Crippen molar-refractivity contribution in [1.29, 1.82) is 0 Å². The van der Waals surface area contributed by atoms with Crippen LogP contribution in [0.4, 0.5) is 17.1 Å². The van der Waals surface area contributed by atoms with Crippen LogP contribution in [0, 0.1) is 6.92 Å². The number of anilines is 3. The number of benzene rings is 7. The van der Waals surface area contributed by atoms with Crippen LogP contribution < -0.4 is 15.8 Å². The Balaban J connectivity index is 1.28. The van der Waals surface area contributed by atoms with Crippen LogP contribution in [0.1, 0.15) is 56.9 Å². The normalized spacial score (nSPS) is 14.7. The van der Waals surface area contributed by atoms with Crippen molar-refractivity contribution in [3.8, 4) is 33.4 Å². The molecule has 3 nitrogen and oxygen atoms in total. The summed E-state index contributed by atoms with van der Waals surface area (Å²) in [5.74, 6) is 0. The number of fused-ring (bicyclic) bond motifs is 13. The van der Waals surface area contributed by atoms with Gasteiger partial charge in [-0.15, -0.1) is 0 Å². The molecule has 0 bridgehead atoms. The minimum absolute atomic E-state index is 0.00691. The first-order valence-electron chi connectivity index (χ1n) is 20.0. The first-order chi connectivity index (χ1) is 27.1. The lowest BCUT2D eigenvalue weighted by Crippen LogP contribution is -2.57. The third kappa shape index (κ3) is 3.99. The molecule has 4 heterocycles. The standard InChI is InChI=1S/C52H41BN2O/c1-30-27-38-33-19-14-20-36-45-35-18-11-13-22-44(35)56-50(45)55(49(33)36)53-47(38)43(28-30)54(41-25-23-32(51(2,3)4)29-37(41)31-15-8-7-9-16-31)42-26-24-40-46(48(42)53)34-17-10-12-21-39(34)52(40,5)6/h7-29H,1-6H3. The van der Waals surface area contributed by atoms with Gasteiger partial charge in [-0.3, -0.25) is 0 Å². The average Bonchev–Trinajstić information content (AvgIpc) is 3.81. The predicted molar refractivity (Wildman–Crippen MR) is 236 cm³/mol. The molecular weight excluding hydrogens is 679 g/mol. The van der Waals surface area contributed by atoms with Crippen LogP contribution >= 0.6 is 0 Å². The first-order valence-corrected chi connectivity index (χ1v) is 20.0. The summed E-state index contributed by atoms with van der Waals surface area (Å²) >= 11 is 0. The van der Waals surface area contributed by atoms with Gasteiger partial charge in [0, 0.05) is 44.2 Å². The van der Waals surface area contributed by atoms with Crippen molar-refractivity contribution in [3.05, 3.63) is 162 Å². The Kier molecular flexibility index (Phi) is 6.14. The summed E-state index contributed by atoms with van der Waals surface area (Å²) in [5, 5.41) is 3.61. The molecule has 0 saturated carbocycles. The van der Waals surface area contributed by atoms with E-state index in [1.54, 1.807) is 0 Å². The SMILES string of the molecule is Cc1cc2c3c(c1)N(c1ccc(C(C)(C)C)cc1-c1ccccc1)c1ccc4c(c1B3n1c3oc5ccccc5c3c3cccc-2c31)-c1ccccc1C4(C)C. The highest BCUT2D eigenvalue weighted by molar-refractivity contribution is 6.91. The Labute approximate surface area is 327 Å². The van der Waals surface area contributed by atoms with Gasteiger partial charge in [-0.1, -0.05) is 144 Å². The molecule has 0 amide bonds. The molecule has 9 aromatic rings. The summed E-state index contributed by atoms with van der Waals surface area (Å²) in [7, 11) is 0. The van der Waals surface area contributed by atoms with Crippen LogP contribution in [0.5, 0.6) is 0 Å². The van der Waals surface area contributed by atoms with Crippen LogP contribution in [0.25, 0.3) is 66.4 Å². The Morgan fingerprint density at radius 3 is 2.16 bits per heavy atom. The van der Waals surface area contributed by atoms with Gasteiger partial charge in [0.2, 0.25) is 0 Å². The smallest absolute Gasteiger partial charge is 0.336 e. The van der Waals surface area contributed by atoms with E-state index >= 15 is 0 Å². The Bertz CT molecular complexity index is 3170. The highest BCUT2D eigenvalue weighted by Gasteiger charge is 2.48. The molecule has 2 aromatic heterocycles. The van der Waals surface area contributed by atoms with Crippen LogP contribution in [0.15, 0.2) is 144 Å². The minimum Gasteiger partial charge on any atom is -0.441 e. The summed E-state index contributed by atoms with van der Waals surface area (Å²) in [6.07, 6.45) is 0. The zero-order valence-corrected chi connectivity index (χ0v) is 32.7. The van der Waals surface area contributed by atoms with E-state index in [1.165, 1.54) is 105 Å². The Morgan fingerprint density at radius 1 is 0.589 bits per heavy atom. The van der Waals surface area contributed by atoms with Gasteiger partial charge in [-0.25, -0.2) is 0 Å². The lowest BCUT2D eigenvalue weighted by atomic mass is 9.43. The first kappa shape index (κ1) is 32.0. The fraction of sp³-hybridized carbons (Fsp3) is 0.154. The van der Waals surface area contributed by atoms with Gasteiger partial charge in [0.1, 0.15) is 5.58 Å². The summed E-state index contributed by atoms with van der Waals surface area (Å²) in [5.41, 5.74) is 22.3. The number of para-hydroxylation sites is 2. The van der Waals surface area contributed by atoms with Crippen LogP contribution in [0.2, 0.25) is 0 Å². The highest BCUT2D eigenvalue weighted by Crippen LogP contribution is 2.54. The van der Waals surface area contributed by atoms with E-state index in [2.05, 4.69) is 190 Å². The Morgan fingerprint density at radius 2 is 1.32 bits per heavy atom. The molecule has 0 fully saturated rings. The third-order valence-electron chi connectivity index (χ3n) is 13.2. The number of aromatic nitrogens is 1. The van der Waals surface area contributed by atoms with Gasteiger partial charge in [0.25, 0.3) is 0 Å². The molecule has 0 spiro atoms. The summed E-state index contributed by atoms with van der Waals surface area (Å²) in [6, 6.07) is 52.4. The van der Waals surface area contributed by atoms with E-state index < -0.39 is 0 Å². The molecule has 0 unspecified atom stereocenters. The van der Waals surface area contributed by atoms with Crippen molar-refractivity contribution in [2.45, 2.75) is 52.4 Å². The minimum atomic E-state index is -0.154. The van der Waals surface area contributed by atoms with Crippen molar-refractivity contribution in [2.24, 2.45) is 0 Å². The molecule has 3 aliphatic rings. The van der Waals surface area contributed by atoms with Gasteiger partial charge < -0.3 is 13.8 Å². The zero-order valence-electron chi connectivity index (χ0n) is 32.7. The molecule has 7 aromatic carbocycles. The van der Waals surface area contributed by atoms with Crippen LogP contribution in [-0.2, 0) is 10.8 Å². The van der Waals surface area contributed by atoms with E-state index in [-0.39, 0.29) is 17.7 Å². The quantitative estimate of drug-likeness (QED) is 0.166. The lowest BCUT2D eigenvalue weighted by molar-refractivity contribution is 0.590. The van der Waals surface area contributed by atoms with E-state index in [9.17, 15) is 0 Å². The second-order valence-corrected chi connectivity index (χ2v) is 17.8. The van der Waals surface area contributed by atoms with Crippen LogP contribution in [-0.4, -0.2) is 11.3 Å². The average molecular weight is 721 g/mol. The van der Waals surface area contributed by atoms with E-state index in [0.717, 1.165) is 11.3 Å². The molecule has 0 radical (unpaired) electrons. The van der Waals surface area contributed by atoms with Crippen molar-refractivity contribution in [1.82, 2.24) is 4.48 Å². The van der Waals surface area contributed by atoms with Crippen molar-refractivity contribution in [3.63, 3.8) is 0 Å². The van der Waals surface area contributed by atoms with Crippen molar-refractivity contribution < 1.29 is 4.42 Å². The van der Waals surface area contributed by atoms with E-state index in [1.807, 2.05) is 0 Å². The number of hydrogen-bond acceptors (Lipinski definition) is 2. The largest absolute Gasteiger partial charge is 0.441 e. The molecule has 12 rings (SSSR count).